The van der Waals surface area contributed by atoms with Crippen molar-refractivity contribution in [1.29, 1.82) is 0 Å². The van der Waals surface area contributed by atoms with Crippen LogP contribution in [0.4, 0.5) is 5.69 Å². The first-order valence-electron chi connectivity index (χ1n) is 25.2. The molecule has 6 unspecified atom stereocenters. The monoisotopic (exact) mass is 838 g/mol. The van der Waals surface area contributed by atoms with Gasteiger partial charge >= 0.3 is 0 Å². The van der Waals surface area contributed by atoms with Gasteiger partial charge in [-0.2, -0.15) is 0 Å². The second-order valence-corrected chi connectivity index (χ2v) is 20.3. The lowest BCUT2D eigenvalue weighted by molar-refractivity contribution is 0.143. The predicted octanol–water partition coefficient (Wildman–Crippen LogP) is 15.4. The SMILES string of the molecule is C1=CCCC(C2(C3=CC=CCC3)C3=C(C=CCC3)C3CC=C(N(c4ccc(-c5ccc6c(c5)c5c(n6C6CC=CCC6)C=CCC5)cc4)C4CC=CC5OC6=C(CCC=C6)C54)CC32)=C1. The van der Waals surface area contributed by atoms with E-state index in [1.165, 1.54) is 76.8 Å². The third-order valence-electron chi connectivity index (χ3n) is 17.2. The van der Waals surface area contributed by atoms with Gasteiger partial charge in [0.1, 0.15) is 11.9 Å². The van der Waals surface area contributed by atoms with Crippen molar-refractivity contribution in [1.82, 2.24) is 4.57 Å². The van der Waals surface area contributed by atoms with E-state index < -0.39 is 0 Å². The molecule has 3 aromatic rings. The number of fused-ring (bicyclic) bond motifs is 7. The Morgan fingerprint density at radius 2 is 1.45 bits per heavy atom. The number of nitrogens with zero attached hydrogens (tertiary/aromatic N) is 2. The number of aryl methyl sites for hydroxylation is 1. The van der Waals surface area contributed by atoms with E-state index in [4.69, 9.17) is 4.74 Å². The van der Waals surface area contributed by atoms with Crippen molar-refractivity contribution in [3.8, 4) is 11.1 Å². The third kappa shape index (κ3) is 6.05. The Hall–Kier alpha value is -5.54. The van der Waals surface area contributed by atoms with E-state index in [0.717, 1.165) is 76.4 Å². The summed E-state index contributed by atoms with van der Waals surface area (Å²) in [5.74, 6) is 2.53. The Kier molecular flexibility index (Phi) is 9.64. The first-order valence-corrected chi connectivity index (χ1v) is 25.2. The summed E-state index contributed by atoms with van der Waals surface area (Å²) in [4.78, 5) is 2.85. The van der Waals surface area contributed by atoms with Crippen LogP contribution >= 0.6 is 0 Å². The summed E-state index contributed by atoms with van der Waals surface area (Å²) >= 11 is 0. The van der Waals surface area contributed by atoms with E-state index in [1.807, 2.05) is 0 Å². The number of benzene rings is 2. The highest BCUT2D eigenvalue weighted by molar-refractivity contribution is 5.92. The lowest BCUT2D eigenvalue weighted by Crippen LogP contribution is -2.47. The molecular weight excluding hydrogens is 777 g/mol. The molecule has 13 rings (SSSR count). The molecule has 0 saturated heterocycles. The summed E-state index contributed by atoms with van der Waals surface area (Å²) in [7, 11) is 0. The number of hydrogen-bond acceptors (Lipinski definition) is 2. The van der Waals surface area contributed by atoms with E-state index in [9.17, 15) is 0 Å². The molecule has 9 aliphatic carbocycles. The van der Waals surface area contributed by atoms with Gasteiger partial charge in [-0.15, -0.1) is 0 Å². The second kappa shape index (κ2) is 15.9. The quantitative estimate of drug-likeness (QED) is 0.221. The van der Waals surface area contributed by atoms with E-state index >= 15 is 0 Å². The summed E-state index contributed by atoms with van der Waals surface area (Å²) < 4.78 is 9.48. The Morgan fingerprint density at radius 3 is 2.27 bits per heavy atom. The van der Waals surface area contributed by atoms with Crippen molar-refractivity contribution >= 4 is 22.7 Å². The molecule has 0 fully saturated rings. The van der Waals surface area contributed by atoms with Gasteiger partial charge in [-0.1, -0.05) is 120 Å². The van der Waals surface area contributed by atoms with Crippen LogP contribution < -0.4 is 4.90 Å². The van der Waals surface area contributed by atoms with Crippen molar-refractivity contribution in [2.75, 3.05) is 4.90 Å². The van der Waals surface area contributed by atoms with Crippen LogP contribution in [-0.2, 0) is 11.2 Å². The van der Waals surface area contributed by atoms with Gasteiger partial charge in [0.2, 0.25) is 0 Å². The summed E-state index contributed by atoms with van der Waals surface area (Å²) in [6.07, 6.45) is 59.6. The number of hydrogen-bond donors (Lipinski definition) is 0. The zero-order valence-corrected chi connectivity index (χ0v) is 37.4. The Bertz CT molecular complexity index is 2760. The molecule has 2 heterocycles. The van der Waals surface area contributed by atoms with Crippen LogP contribution in [0.5, 0.6) is 0 Å². The molecule has 0 bridgehead atoms. The largest absolute Gasteiger partial charge is 0.486 e. The van der Waals surface area contributed by atoms with Gasteiger partial charge in [0.25, 0.3) is 0 Å². The van der Waals surface area contributed by atoms with Crippen LogP contribution in [0.3, 0.4) is 0 Å². The van der Waals surface area contributed by atoms with Crippen LogP contribution in [0.1, 0.15) is 114 Å². The van der Waals surface area contributed by atoms with Crippen molar-refractivity contribution in [3.63, 3.8) is 0 Å². The first kappa shape index (κ1) is 38.9. The van der Waals surface area contributed by atoms with E-state index in [2.05, 4.69) is 155 Å². The minimum Gasteiger partial charge on any atom is -0.486 e. The summed E-state index contributed by atoms with van der Waals surface area (Å²) in [5.41, 5.74) is 18.2. The molecule has 0 amide bonds. The van der Waals surface area contributed by atoms with Gasteiger partial charge in [-0.05, 0) is 185 Å². The zero-order chi connectivity index (χ0) is 42.2. The molecule has 0 radical (unpaired) electrons. The second-order valence-electron chi connectivity index (χ2n) is 20.3. The van der Waals surface area contributed by atoms with Crippen molar-refractivity contribution in [2.45, 2.75) is 121 Å². The highest BCUT2D eigenvalue weighted by Gasteiger charge is 2.57. The standard InChI is InChI=1S/C61H62N2O/c1-4-17-43(18-5-1)61(44-19-6-2-7-20-44)53-26-13-10-23-48(53)49-37-36-47(40-54(49)61)62(57-28-16-30-59-60(57)51-25-12-15-29-58(51)64-59)46-34-31-41(32-35-46)42-33-38-56-52(39-42)50-24-11-14-27-55(50)63(56)45-21-8-3-9-22-45/h1-4,6,8,10,14-17,19,23,27,29-36,38-39,45,49,54,57,59-60H,5,7,9,11-13,18,20-22,24-26,28,37,40H2. The van der Waals surface area contributed by atoms with Gasteiger partial charge < -0.3 is 14.2 Å². The van der Waals surface area contributed by atoms with Gasteiger partial charge in [-0.25, -0.2) is 0 Å². The molecule has 10 aliphatic rings. The Labute approximate surface area is 380 Å². The van der Waals surface area contributed by atoms with Crippen molar-refractivity contribution < 1.29 is 4.74 Å². The molecule has 3 heteroatoms. The van der Waals surface area contributed by atoms with Gasteiger partial charge in [-0.3, -0.25) is 0 Å². The van der Waals surface area contributed by atoms with Crippen LogP contribution in [0.15, 0.2) is 179 Å². The fourth-order valence-electron chi connectivity index (χ4n) is 14.6. The molecule has 0 spiro atoms. The average Bonchev–Trinajstić information content (AvgIpc) is 4.02. The minimum absolute atomic E-state index is 0.00901. The lowest BCUT2D eigenvalue weighted by atomic mass is 9.56. The number of rotatable bonds is 7. The topological polar surface area (TPSA) is 17.4 Å². The number of ether oxygens (including phenoxy) is 1. The number of anilines is 1. The first-order chi connectivity index (χ1) is 31.8. The average molecular weight is 839 g/mol. The van der Waals surface area contributed by atoms with Crippen LogP contribution in [0.2, 0.25) is 0 Å². The van der Waals surface area contributed by atoms with Gasteiger partial charge in [0.15, 0.2) is 0 Å². The van der Waals surface area contributed by atoms with Crippen molar-refractivity contribution in [3.05, 3.63) is 190 Å². The molecule has 322 valence electrons. The molecule has 3 nitrogen and oxygen atoms in total. The van der Waals surface area contributed by atoms with E-state index in [0.29, 0.717) is 29.8 Å². The van der Waals surface area contributed by atoms with Gasteiger partial charge in [0, 0.05) is 51.4 Å². The summed E-state index contributed by atoms with van der Waals surface area (Å²) in [6.45, 7) is 0. The lowest BCUT2D eigenvalue weighted by Gasteiger charge is -2.49. The van der Waals surface area contributed by atoms with Crippen LogP contribution in [-0.4, -0.2) is 16.7 Å². The highest BCUT2D eigenvalue weighted by atomic mass is 16.5. The minimum atomic E-state index is -0.00901. The number of allylic oxidation sites excluding steroid dienone is 19. The molecule has 1 aliphatic heterocycles. The maximum atomic E-state index is 6.80. The third-order valence-corrected chi connectivity index (χ3v) is 17.2. The van der Waals surface area contributed by atoms with E-state index in [1.54, 1.807) is 27.9 Å². The smallest absolute Gasteiger partial charge is 0.125 e. The molecule has 1 aromatic heterocycles. The molecule has 6 atom stereocenters. The number of aromatic nitrogens is 1. The van der Waals surface area contributed by atoms with Crippen molar-refractivity contribution in [2.24, 2.45) is 23.2 Å². The normalized spacial score (nSPS) is 29.5. The summed E-state index contributed by atoms with van der Waals surface area (Å²) in [6, 6.07) is 18.0. The summed E-state index contributed by atoms with van der Waals surface area (Å²) in [5, 5.41) is 1.45. The fraction of sp³-hybridized carbons (Fsp3) is 0.377. The maximum absolute atomic E-state index is 6.80. The maximum Gasteiger partial charge on any atom is 0.125 e. The fourth-order valence-corrected chi connectivity index (χ4v) is 14.6. The molecule has 64 heavy (non-hydrogen) atoms. The molecule has 0 saturated carbocycles. The van der Waals surface area contributed by atoms with Gasteiger partial charge in [0.05, 0.1) is 0 Å². The molecule has 0 N–H and O–H groups in total. The molecular formula is C61H62N2O. The Balaban J connectivity index is 0.915. The zero-order valence-electron chi connectivity index (χ0n) is 37.4. The Morgan fingerprint density at radius 1 is 0.672 bits per heavy atom. The van der Waals surface area contributed by atoms with E-state index in [-0.39, 0.29) is 11.5 Å². The predicted molar refractivity (Wildman–Crippen MR) is 266 cm³/mol. The van der Waals surface area contributed by atoms with Crippen LogP contribution in [0, 0.1) is 23.2 Å². The highest BCUT2D eigenvalue weighted by Crippen LogP contribution is 2.67. The molecule has 2 aromatic carbocycles. The van der Waals surface area contributed by atoms with Crippen LogP contribution in [0.25, 0.3) is 28.1 Å².